The number of aromatic nitrogens is 2. The number of halogens is 1. The summed E-state index contributed by atoms with van der Waals surface area (Å²) in [6.45, 7) is 1.53. The van der Waals surface area contributed by atoms with Gasteiger partial charge in [-0.2, -0.15) is 0 Å². The number of nitrogens with one attached hydrogen (secondary N) is 1. The average molecular weight is 222 g/mol. The van der Waals surface area contributed by atoms with E-state index < -0.39 is 10.0 Å². The van der Waals surface area contributed by atoms with Crippen molar-refractivity contribution in [3.8, 4) is 0 Å². The molecular formula is C6H8ClN3O2S. The van der Waals surface area contributed by atoms with Gasteiger partial charge in [0.05, 0.1) is 5.75 Å². The highest BCUT2D eigenvalue weighted by Gasteiger charge is 2.07. The van der Waals surface area contributed by atoms with Crippen LogP contribution in [0.1, 0.15) is 6.92 Å². The van der Waals surface area contributed by atoms with Crippen molar-refractivity contribution >= 4 is 27.4 Å². The third-order valence-corrected chi connectivity index (χ3v) is 2.75. The number of hydrogen-bond acceptors (Lipinski definition) is 4. The molecule has 0 aliphatic heterocycles. The van der Waals surface area contributed by atoms with Crippen LogP contribution in [0.25, 0.3) is 0 Å². The number of nitrogens with zero attached hydrogens (tertiary/aromatic N) is 2. The van der Waals surface area contributed by atoms with Crippen LogP contribution < -0.4 is 4.72 Å². The van der Waals surface area contributed by atoms with E-state index in [0.717, 1.165) is 0 Å². The van der Waals surface area contributed by atoms with Gasteiger partial charge in [0.25, 0.3) is 0 Å². The van der Waals surface area contributed by atoms with E-state index in [4.69, 9.17) is 11.6 Å². The quantitative estimate of drug-likeness (QED) is 0.823. The number of anilines is 1. The van der Waals surface area contributed by atoms with Crippen molar-refractivity contribution in [2.45, 2.75) is 6.92 Å². The lowest BCUT2D eigenvalue weighted by Gasteiger charge is -2.02. The van der Waals surface area contributed by atoms with Crippen molar-refractivity contribution in [3.63, 3.8) is 0 Å². The largest absolute Gasteiger partial charge is 0.266 e. The molecule has 1 aromatic heterocycles. The molecule has 13 heavy (non-hydrogen) atoms. The van der Waals surface area contributed by atoms with E-state index in [9.17, 15) is 8.42 Å². The molecule has 1 rings (SSSR count). The van der Waals surface area contributed by atoms with Crippen LogP contribution in [0.3, 0.4) is 0 Å². The third kappa shape index (κ3) is 3.16. The molecule has 0 radical (unpaired) electrons. The van der Waals surface area contributed by atoms with Gasteiger partial charge in [0.2, 0.25) is 10.0 Å². The molecule has 0 aliphatic carbocycles. The van der Waals surface area contributed by atoms with Crippen molar-refractivity contribution in [2.24, 2.45) is 0 Å². The second-order valence-electron chi connectivity index (χ2n) is 2.25. The third-order valence-electron chi connectivity index (χ3n) is 1.27. The van der Waals surface area contributed by atoms with Gasteiger partial charge >= 0.3 is 0 Å². The van der Waals surface area contributed by atoms with Crippen LogP contribution in [0.4, 0.5) is 5.82 Å². The zero-order valence-corrected chi connectivity index (χ0v) is 8.43. The molecule has 5 nitrogen and oxygen atoms in total. The fourth-order valence-corrected chi connectivity index (χ4v) is 1.27. The van der Waals surface area contributed by atoms with Gasteiger partial charge in [0.15, 0.2) is 11.0 Å². The van der Waals surface area contributed by atoms with Crippen molar-refractivity contribution in [1.82, 2.24) is 10.2 Å². The van der Waals surface area contributed by atoms with Crippen molar-refractivity contribution in [3.05, 3.63) is 17.3 Å². The van der Waals surface area contributed by atoms with E-state index in [1.807, 2.05) is 0 Å². The van der Waals surface area contributed by atoms with Gasteiger partial charge in [-0.1, -0.05) is 11.6 Å². The fraction of sp³-hybridized carbons (Fsp3) is 0.333. The van der Waals surface area contributed by atoms with Crippen LogP contribution >= 0.6 is 11.6 Å². The van der Waals surface area contributed by atoms with Gasteiger partial charge in [-0.25, -0.2) is 8.42 Å². The Kier molecular flexibility index (Phi) is 3.05. The standard InChI is InChI=1S/C6H8ClN3O2S/c1-2-13(11,12)10-6-4-3-5(7)8-9-6/h3-4H,2H2,1H3,(H,9,10). The van der Waals surface area contributed by atoms with Crippen molar-refractivity contribution in [1.29, 1.82) is 0 Å². The second-order valence-corrected chi connectivity index (χ2v) is 4.65. The summed E-state index contributed by atoms with van der Waals surface area (Å²) >= 11 is 5.47. The van der Waals surface area contributed by atoms with Crippen LogP contribution in [0.15, 0.2) is 12.1 Å². The highest BCUT2D eigenvalue weighted by molar-refractivity contribution is 7.92. The Hall–Kier alpha value is -0.880. The van der Waals surface area contributed by atoms with E-state index >= 15 is 0 Å². The van der Waals surface area contributed by atoms with E-state index in [0.29, 0.717) is 0 Å². The smallest absolute Gasteiger partial charge is 0.233 e. The van der Waals surface area contributed by atoms with E-state index in [1.165, 1.54) is 19.1 Å². The second kappa shape index (κ2) is 3.89. The Balaban J connectivity index is 2.82. The van der Waals surface area contributed by atoms with Crippen LogP contribution in [0.5, 0.6) is 0 Å². The monoisotopic (exact) mass is 221 g/mol. The lowest BCUT2D eigenvalue weighted by Crippen LogP contribution is -2.15. The van der Waals surface area contributed by atoms with E-state index in [-0.39, 0.29) is 16.7 Å². The highest BCUT2D eigenvalue weighted by Crippen LogP contribution is 2.07. The van der Waals surface area contributed by atoms with E-state index in [2.05, 4.69) is 14.9 Å². The molecule has 1 N–H and O–H groups in total. The van der Waals surface area contributed by atoms with Crippen molar-refractivity contribution < 1.29 is 8.42 Å². The average Bonchev–Trinajstić information content (AvgIpc) is 2.09. The summed E-state index contributed by atoms with van der Waals surface area (Å²) in [7, 11) is -3.28. The maximum atomic E-state index is 11.0. The molecule has 0 fully saturated rings. The summed E-state index contributed by atoms with van der Waals surface area (Å²) in [5, 5.41) is 7.25. The van der Waals surface area contributed by atoms with Crippen LogP contribution in [-0.2, 0) is 10.0 Å². The lowest BCUT2D eigenvalue weighted by atomic mass is 10.5. The molecule has 0 unspecified atom stereocenters. The molecule has 0 bridgehead atoms. The zero-order valence-electron chi connectivity index (χ0n) is 6.86. The molecule has 0 saturated carbocycles. The first kappa shape index (κ1) is 10.2. The molecule has 0 aliphatic rings. The van der Waals surface area contributed by atoms with Crippen molar-refractivity contribution in [2.75, 3.05) is 10.5 Å². The Morgan fingerprint density at radius 3 is 2.62 bits per heavy atom. The Labute approximate surface area is 81.2 Å². The summed E-state index contributed by atoms with van der Waals surface area (Å²) in [4.78, 5) is 0. The molecule has 72 valence electrons. The Morgan fingerprint density at radius 1 is 1.46 bits per heavy atom. The Bertz CT molecular complexity index is 375. The molecular weight excluding hydrogens is 214 g/mol. The van der Waals surface area contributed by atoms with Gasteiger partial charge in [0.1, 0.15) is 0 Å². The van der Waals surface area contributed by atoms with Gasteiger partial charge in [-0.3, -0.25) is 4.72 Å². The molecule has 0 atom stereocenters. The molecule has 7 heteroatoms. The number of sulfonamides is 1. The summed E-state index contributed by atoms with van der Waals surface area (Å²) in [6.07, 6.45) is 0. The van der Waals surface area contributed by atoms with E-state index in [1.54, 1.807) is 0 Å². The van der Waals surface area contributed by atoms with Gasteiger partial charge in [0, 0.05) is 0 Å². The normalized spacial score (nSPS) is 11.2. The molecule has 1 aromatic rings. The summed E-state index contributed by atoms with van der Waals surface area (Å²) < 4.78 is 24.3. The predicted molar refractivity (Wildman–Crippen MR) is 50.1 cm³/mol. The van der Waals surface area contributed by atoms with Gasteiger partial charge in [-0.05, 0) is 19.1 Å². The van der Waals surface area contributed by atoms with Gasteiger partial charge in [-0.15, -0.1) is 10.2 Å². The molecule has 0 saturated heterocycles. The minimum atomic E-state index is -3.28. The Morgan fingerprint density at radius 2 is 2.15 bits per heavy atom. The maximum absolute atomic E-state index is 11.0. The fourth-order valence-electron chi connectivity index (χ4n) is 0.602. The zero-order chi connectivity index (χ0) is 9.90. The molecule has 0 spiro atoms. The van der Waals surface area contributed by atoms with Gasteiger partial charge < -0.3 is 0 Å². The summed E-state index contributed by atoms with van der Waals surface area (Å²) in [5.41, 5.74) is 0. The number of rotatable bonds is 3. The molecule has 1 heterocycles. The van der Waals surface area contributed by atoms with Crippen LogP contribution in [-0.4, -0.2) is 24.4 Å². The minimum absolute atomic E-state index is 0.00267. The first-order valence-electron chi connectivity index (χ1n) is 3.53. The molecule has 0 aromatic carbocycles. The SMILES string of the molecule is CCS(=O)(=O)Nc1ccc(Cl)nn1. The lowest BCUT2D eigenvalue weighted by molar-refractivity contribution is 0.602. The predicted octanol–water partition coefficient (Wildman–Crippen LogP) is 0.892. The maximum Gasteiger partial charge on any atom is 0.233 e. The first-order valence-corrected chi connectivity index (χ1v) is 5.56. The highest BCUT2D eigenvalue weighted by atomic mass is 35.5. The topological polar surface area (TPSA) is 72.0 Å². The first-order chi connectivity index (χ1) is 6.03. The number of hydrogen-bond donors (Lipinski definition) is 1. The minimum Gasteiger partial charge on any atom is -0.266 e. The summed E-state index contributed by atoms with van der Waals surface area (Å²) in [6, 6.07) is 2.91. The summed E-state index contributed by atoms with van der Waals surface area (Å²) in [5.74, 6) is 0.170. The van der Waals surface area contributed by atoms with Crippen LogP contribution in [0.2, 0.25) is 5.15 Å². The molecule has 0 amide bonds. The van der Waals surface area contributed by atoms with Crippen LogP contribution in [0, 0.1) is 0 Å².